The van der Waals surface area contributed by atoms with E-state index in [0.717, 1.165) is 18.2 Å². The number of rotatable bonds is 2. The van der Waals surface area contributed by atoms with Crippen molar-refractivity contribution >= 4 is 15.9 Å². The SMILES string of the molecule is OC(c1cc(F)ccc1F)c1occc1Br. The normalized spacial score (nSPS) is 12.8. The Bertz CT molecular complexity index is 510. The van der Waals surface area contributed by atoms with E-state index in [-0.39, 0.29) is 11.3 Å². The monoisotopic (exact) mass is 288 g/mol. The number of benzene rings is 1. The van der Waals surface area contributed by atoms with Gasteiger partial charge in [0.2, 0.25) is 0 Å². The summed E-state index contributed by atoms with van der Waals surface area (Å²) in [6.07, 6.45) is 0.0138. The van der Waals surface area contributed by atoms with Gasteiger partial charge in [-0.15, -0.1) is 0 Å². The van der Waals surface area contributed by atoms with Gasteiger partial charge in [-0.1, -0.05) is 0 Å². The standard InChI is InChI=1S/C11H7BrF2O2/c12-8-3-4-16-11(8)10(15)7-5-6(13)1-2-9(7)14/h1-5,10,15H. The topological polar surface area (TPSA) is 33.4 Å². The maximum Gasteiger partial charge on any atom is 0.151 e. The minimum Gasteiger partial charge on any atom is -0.465 e. The lowest BCUT2D eigenvalue weighted by atomic mass is 10.1. The van der Waals surface area contributed by atoms with Crippen molar-refractivity contribution in [3.8, 4) is 0 Å². The predicted molar refractivity (Wildman–Crippen MR) is 56.8 cm³/mol. The molecule has 2 nitrogen and oxygen atoms in total. The first-order valence-corrected chi connectivity index (χ1v) is 5.25. The van der Waals surface area contributed by atoms with Gasteiger partial charge in [0.25, 0.3) is 0 Å². The van der Waals surface area contributed by atoms with Crippen molar-refractivity contribution in [2.75, 3.05) is 0 Å². The highest BCUT2D eigenvalue weighted by atomic mass is 79.9. The van der Waals surface area contributed by atoms with Gasteiger partial charge in [0.15, 0.2) is 5.76 Å². The van der Waals surface area contributed by atoms with Gasteiger partial charge in [-0.3, -0.25) is 0 Å². The summed E-state index contributed by atoms with van der Waals surface area (Å²) in [5.41, 5.74) is -0.157. The van der Waals surface area contributed by atoms with E-state index in [1.807, 2.05) is 0 Å². The fraction of sp³-hybridized carbons (Fsp3) is 0.0909. The van der Waals surface area contributed by atoms with E-state index < -0.39 is 17.7 Å². The number of hydrogen-bond donors (Lipinski definition) is 1. The summed E-state index contributed by atoms with van der Waals surface area (Å²) in [6.45, 7) is 0. The van der Waals surface area contributed by atoms with Crippen molar-refractivity contribution in [1.82, 2.24) is 0 Å². The molecule has 1 atom stereocenters. The molecule has 0 fully saturated rings. The van der Waals surface area contributed by atoms with Crippen molar-refractivity contribution in [2.24, 2.45) is 0 Å². The zero-order chi connectivity index (χ0) is 11.7. The van der Waals surface area contributed by atoms with E-state index in [1.54, 1.807) is 6.07 Å². The second kappa shape index (κ2) is 4.35. The number of aliphatic hydroxyl groups excluding tert-OH is 1. The van der Waals surface area contributed by atoms with Crippen LogP contribution >= 0.6 is 15.9 Å². The van der Waals surface area contributed by atoms with E-state index in [2.05, 4.69) is 15.9 Å². The maximum absolute atomic E-state index is 13.4. The Hall–Kier alpha value is -1.20. The molecule has 0 amide bonds. The molecule has 0 aliphatic carbocycles. The summed E-state index contributed by atoms with van der Waals surface area (Å²) in [4.78, 5) is 0. The number of halogens is 3. The molecule has 1 heterocycles. The lowest BCUT2D eigenvalue weighted by Crippen LogP contribution is -2.02. The van der Waals surface area contributed by atoms with Crippen LogP contribution in [0.5, 0.6) is 0 Å². The van der Waals surface area contributed by atoms with Gasteiger partial charge in [0, 0.05) is 5.56 Å². The lowest BCUT2D eigenvalue weighted by Gasteiger charge is -2.10. The Morgan fingerprint density at radius 3 is 2.62 bits per heavy atom. The van der Waals surface area contributed by atoms with Crippen molar-refractivity contribution in [2.45, 2.75) is 6.10 Å². The first kappa shape index (κ1) is 11.3. The molecule has 0 aliphatic heterocycles. The van der Waals surface area contributed by atoms with Gasteiger partial charge in [-0.2, -0.15) is 0 Å². The number of furan rings is 1. The van der Waals surface area contributed by atoms with E-state index in [0.29, 0.717) is 4.47 Å². The van der Waals surface area contributed by atoms with Crippen LogP contribution in [-0.4, -0.2) is 5.11 Å². The molecular weight excluding hydrogens is 282 g/mol. The highest BCUT2D eigenvalue weighted by Crippen LogP contribution is 2.30. The smallest absolute Gasteiger partial charge is 0.151 e. The third kappa shape index (κ3) is 2.01. The minimum atomic E-state index is -1.33. The third-order valence-corrected chi connectivity index (χ3v) is 2.80. The second-order valence-electron chi connectivity index (χ2n) is 3.20. The van der Waals surface area contributed by atoms with Crippen LogP contribution in [0.25, 0.3) is 0 Å². The largest absolute Gasteiger partial charge is 0.465 e. The van der Waals surface area contributed by atoms with Gasteiger partial charge in [-0.05, 0) is 40.2 Å². The van der Waals surface area contributed by atoms with Crippen LogP contribution in [0.1, 0.15) is 17.4 Å². The summed E-state index contributed by atoms with van der Waals surface area (Å²) in [5.74, 6) is -1.15. The van der Waals surface area contributed by atoms with Gasteiger partial charge in [0.05, 0.1) is 10.7 Å². The Labute approximate surface area is 98.6 Å². The quantitative estimate of drug-likeness (QED) is 0.919. The fourth-order valence-corrected chi connectivity index (χ4v) is 1.78. The average molecular weight is 289 g/mol. The van der Waals surface area contributed by atoms with Crippen LogP contribution in [0.3, 0.4) is 0 Å². The summed E-state index contributed by atoms with van der Waals surface area (Å²) in [5, 5.41) is 9.84. The molecule has 2 rings (SSSR count). The van der Waals surface area contributed by atoms with Gasteiger partial charge in [0.1, 0.15) is 17.7 Å². The summed E-state index contributed by atoms with van der Waals surface area (Å²) >= 11 is 3.14. The van der Waals surface area contributed by atoms with Crippen LogP contribution in [0.4, 0.5) is 8.78 Å². The molecule has 1 unspecified atom stereocenters. The Balaban J connectivity index is 2.45. The predicted octanol–water partition coefficient (Wildman–Crippen LogP) is 3.40. The molecule has 5 heteroatoms. The molecular formula is C11H7BrF2O2. The van der Waals surface area contributed by atoms with Gasteiger partial charge in [-0.25, -0.2) is 8.78 Å². The maximum atomic E-state index is 13.4. The zero-order valence-electron chi connectivity index (χ0n) is 7.95. The summed E-state index contributed by atoms with van der Waals surface area (Å²) in [6, 6.07) is 4.46. The van der Waals surface area contributed by atoms with E-state index in [9.17, 15) is 13.9 Å². The van der Waals surface area contributed by atoms with Crippen LogP contribution in [0.15, 0.2) is 39.4 Å². The molecule has 2 aromatic rings. The van der Waals surface area contributed by atoms with E-state index in [1.165, 1.54) is 6.26 Å². The van der Waals surface area contributed by atoms with Crippen molar-refractivity contribution < 1.29 is 18.3 Å². The van der Waals surface area contributed by atoms with Crippen molar-refractivity contribution in [3.63, 3.8) is 0 Å². The van der Waals surface area contributed by atoms with Crippen LogP contribution < -0.4 is 0 Å². The average Bonchev–Trinajstić information content (AvgIpc) is 2.67. The first-order chi connectivity index (χ1) is 7.59. The lowest BCUT2D eigenvalue weighted by molar-refractivity contribution is 0.183. The third-order valence-electron chi connectivity index (χ3n) is 2.15. The molecule has 0 aliphatic rings. The molecule has 84 valence electrons. The van der Waals surface area contributed by atoms with Gasteiger partial charge < -0.3 is 9.52 Å². The van der Waals surface area contributed by atoms with Crippen LogP contribution in [0.2, 0.25) is 0 Å². The molecule has 0 saturated heterocycles. The molecule has 0 saturated carbocycles. The molecule has 1 N–H and O–H groups in total. The Morgan fingerprint density at radius 2 is 2.00 bits per heavy atom. The minimum absolute atomic E-state index is 0.143. The highest BCUT2D eigenvalue weighted by Gasteiger charge is 2.20. The molecule has 0 radical (unpaired) electrons. The van der Waals surface area contributed by atoms with Crippen molar-refractivity contribution in [1.29, 1.82) is 0 Å². The van der Waals surface area contributed by atoms with E-state index in [4.69, 9.17) is 4.42 Å². The highest BCUT2D eigenvalue weighted by molar-refractivity contribution is 9.10. The Morgan fingerprint density at radius 1 is 1.25 bits per heavy atom. The van der Waals surface area contributed by atoms with Crippen LogP contribution in [-0.2, 0) is 0 Å². The molecule has 0 bridgehead atoms. The number of hydrogen-bond acceptors (Lipinski definition) is 2. The number of aliphatic hydroxyl groups is 1. The summed E-state index contributed by atoms with van der Waals surface area (Å²) < 4.78 is 31.8. The zero-order valence-corrected chi connectivity index (χ0v) is 9.54. The molecule has 0 spiro atoms. The van der Waals surface area contributed by atoms with Crippen molar-refractivity contribution in [3.05, 3.63) is 58.0 Å². The van der Waals surface area contributed by atoms with Crippen LogP contribution in [0, 0.1) is 11.6 Å². The summed E-state index contributed by atoms with van der Waals surface area (Å²) in [7, 11) is 0. The Kier molecular flexibility index (Phi) is 3.07. The molecule has 1 aromatic carbocycles. The van der Waals surface area contributed by atoms with Gasteiger partial charge >= 0.3 is 0 Å². The van der Waals surface area contributed by atoms with E-state index >= 15 is 0 Å². The second-order valence-corrected chi connectivity index (χ2v) is 4.06. The molecule has 1 aromatic heterocycles. The molecule has 16 heavy (non-hydrogen) atoms. The fourth-order valence-electron chi connectivity index (χ4n) is 1.37. The first-order valence-electron chi connectivity index (χ1n) is 4.45.